The summed E-state index contributed by atoms with van der Waals surface area (Å²) in [6.07, 6.45) is 0.639. The highest BCUT2D eigenvalue weighted by Gasteiger charge is 2.62. The molecule has 2 aliphatic rings. The number of fused-ring (bicyclic) bond motifs is 1. The SMILES string of the molecule is C=CC1C[C@]1(NC(=O)[C@@H]1C[C@@H](Oc2cc(-c3ccccc3)nc3cc(OC)ccc23)CN1C(=O)[C@@H](NC(=O)OC(C)(C)C)C(C)(C)C)C(=O)OC. The van der Waals surface area contributed by atoms with Gasteiger partial charge >= 0.3 is 12.1 Å². The monoisotopic (exact) mass is 700 g/mol. The molecule has 1 saturated carbocycles. The second-order valence-corrected chi connectivity index (χ2v) is 15.2. The van der Waals surface area contributed by atoms with Crippen molar-refractivity contribution < 1.29 is 38.1 Å². The highest BCUT2D eigenvalue weighted by molar-refractivity contribution is 5.97. The number of carbonyl (C=O) groups is 4. The van der Waals surface area contributed by atoms with Crippen LogP contribution in [0.3, 0.4) is 0 Å². The lowest BCUT2D eigenvalue weighted by atomic mass is 9.85. The van der Waals surface area contributed by atoms with Gasteiger partial charge in [0.25, 0.3) is 0 Å². The maximum absolute atomic E-state index is 14.5. The Kier molecular flexibility index (Phi) is 10.4. The lowest BCUT2D eigenvalue weighted by Gasteiger charge is -2.36. The Hall–Kier alpha value is -5.13. The van der Waals surface area contributed by atoms with Crippen LogP contribution in [0, 0.1) is 11.3 Å². The number of rotatable bonds is 10. The number of pyridine rings is 1. The standard InChI is InChI=1S/C39H48N4O8/c1-10-24-21-39(24,35(46)49-9)42-33(44)30-19-26(22-43(30)34(45)32(37(2,3)4)41-36(47)51-38(5,6)7)50-31-20-28(23-14-12-11-13-15-23)40-29-18-25(48-8)16-17-27(29)31/h10-18,20,24,26,30,32H,1,19,21-22H2,2-9H3,(H,41,47)(H,42,44)/t24?,26-,30+,32-,39-/m1/s1. The maximum Gasteiger partial charge on any atom is 0.408 e. The van der Waals surface area contributed by atoms with E-state index in [1.165, 1.54) is 12.0 Å². The average molecular weight is 701 g/mol. The van der Waals surface area contributed by atoms with Gasteiger partial charge in [-0.05, 0) is 44.7 Å². The number of hydrogen-bond acceptors (Lipinski definition) is 9. The molecule has 5 atom stereocenters. The Morgan fingerprint density at radius 2 is 1.73 bits per heavy atom. The van der Waals surface area contributed by atoms with Gasteiger partial charge in [0, 0.05) is 35.4 Å². The molecule has 1 aliphatic heterocycles. The van der Waals surface area contributed by atoms with Crippen molar-refractivity contribution in [2.24, 2.45) is 11.3 Å². The average Bonchev–Trinajstić information content (AvgIpc) is 3.63. The van der Waals surface area contributed by atoms with Gasteiger partial charge in [-0.15, -0.1) is 6.58 Å². The van der Waals surface area contributed by atoms with E-state index >= 15 is 0 Å². The Morgan fingerprint density at radius 3 is 2.31 bits per heavy atom. The lowest BCUT2D eigenvalue weighted by molar-refractivity contribution is -0.148. The van der Waals surface area contributed by atoms with E-state index in [4.69, 9.17) is 23.9 Å². The topological polar surface area (TPSA) is 145 Å². The summed E-state index contributed by atoms with van der Waals surface area (Å²) in [7, 11) is 2.85. The highest BCUT2D eigenvalue weighted by atomic mass is 16.6. The minimum absolute atomic E-state index is 0.0241. The van der Waals surface area contributed by atoms with Crippen molar-refractivity contribution in [2.45, 2.75) is 83.7 Å². The Labute approximate surface area is 298 Å². The molecule has 0 spiro atoms. The van der Waals surface area contributed by atoms with E-state index in [1.807, 2.05) is 75.4 Å². The molecule has 1 unspecified atom stereocenters. The molecule has 12 heteroatoms. The van der Waals surface area contributed by atoms with Crippen molar-refractivity contribution in [1.29, 1.82) is 0 Å². The zero-order chi connectivity index (χ0) is 37.3. The molecule has 2 heterocycles. The fourth-order valence-electron chi connectivity index (χ4n) is 6.44. The molecule has 0 radical (unpaired) electrons. The van der Waals surface area contributed by atoms with Crippen LogP contribution in [0.1, 0.15) is 54.4 Å². The number of alkyl carbamates (subject to hydrolysis) is 1. The van der Waals surface area contributed by atoms with Crippen LogP contribution in [0.25, 0.3) is 22.2 Å². The number of methoxy groups -OCH3 is 2. The molecule has 5 rings (SSSR count). The summed E-state index contributed by atoms with van der Waals surface area (Å²) >= 11 is 0. The number of esters is 1. The molecule has 1 aromatic heterocycles. The number of ether oxygens (including phenoxy) is 4. The number of likely N-dealkylation sites (tertiary alicyclic amines) is 1. The number of nitrogens with one attached hydrogen (secondary N) is 2. The van der Waals surface area contributed by atoms with Gasteiger partial charge in [-0.25, -0.2) is 14.6 Å². The fourth-order valence-corrected chi connectivity index (χ4v) is 6.44. The first-order valence-corrected chi connectivity index (χ1v) is 17.0. The summed E-state index contributed by atoms with van der Waals surface area (Å²) in [6.45, 7) is 14.5. The summed E-state index contributed by atoms with van der Waals surface area (Å²) in [5, 5.41) is 6.35. The van der Waals surface area contributed by atoms with Gasteiger partial charge in [-0.1, -0.05) is 57.2 Å². The van der Waals surface area contributed by atoms with Crippen molar-refractivity contribution in [3.63, 3.8) is 0 Å². The van der Waals surface area contributed by atoms with Gasteiger partial charge in [0.05, 0.1) is 32.0 Å². The predicted octanol–water partition coefficient (Wildman–Crippen LogP) is 5.43. The largest absolute Gasteiger partial charge is 0.497 e. The molecular formula is C39H48N4O8. The minimum atomic E-state index is -1.27. The third-order valence-corrected chi connectivity index (χ3v) is 9.16. The van der Waals surface area contributed by atoms with Gasteiger partial charge in [0.15, 0.2) is 0 Å². The third-order valence-electron chi connectivity index (χ3n) is 9.16. The number of nitrogens with zero attached hydrogens (tertiary/aromatic N) is 2. The van der Waals surface area contributed by atoms with Crippen molar-refractivity contribution in [1.82, 2.24) is 20.5 Å². The summed E-state index contributed by atoms with van der Waals surface area (Å²) in [4.78, 5) is 60.8. The van der Waals surface area contributed by atoms with Crippen LogP contribution in [0.4, 0.5) is 4.79 Å². The fraction of sp³-hybridized carbons (Fsp3) is 0.462. The second-order valence-electron chi connectivity index (χ2n) is 15.2. The molecule has 2 aromatic carbocycles. The molecule has 2 fully saturated rings. The quantitative estimate of drug-likeness (QED) is 0.209. The molecule has 51 heavy (non-hydrogen) atoms. The van der Waals surface area contributed by atoms with Crippen LogP contribution in [-0.4, -0.2) is 83.9 Å². The number of carbonyl (C=O) groups excluding carboxylic acids is 4. The smallest absolute Gasteiger partial charge is 0.408 e. The van der Waals surface area contributed by atoms with Gasteiger partial charge in [0.1, 0.15) is 40.8 Å². The first kappa shape index (κ1) is 37.1. The van der Waals surface area contributed by atoms with E-state index in [1.54, 1.807) is 34.0 Å². The van der Waals surface area contributed by atoms with E-state index in [9.17, 15) is 19.2 Å². The molecule has 12 nitrogen and oxygen atoms in total. The molecule has 3 aromatic rings. The zero-order valence-corrected chi connectivity index (χ0v) is 30.6. The van der Waals surface area contributed by atoms with E-state index in [2.05, 4.69) is 17.2 Å². The normalized spacial score (nSPS) is 22.0. The van der Waals surface area contributed by atoms with E-state index in [-0.39, 0.29) is 18.9 Å². The van der Waals surface area contributed by atoms with Crippen LogP contribution >= 0.6 is 0 Å². The summed E-state index contributed by atoms with van der Waals surface area (Å²) < 4.78 is 22.7. The number of aromatic nitrogens is 1. The van der Waals surface area contributed by atoms with Gasteiger partial charge < -0.3 is 34.5 Å². The minimum Gasteiger partial charge on any atom is -0.497 e. The van der Waals surface area contributed by atoms with E-state index in [0.29, 0.717) is 29.1 Å². The lowest BCUT2D eigenvalue weighted by Crippen LogP contribution is -2.59. The third kappa shape index (κ3) is 8.10. The first-order chi connectivity index (χ1) is 24.0. The number of amides is 3. The zero-order valence-electron chi connectivity index (χ0n) is 30.6. The maximum atomic E-state index is 14.5. The van der Waals surface area contributed by atoms with Gasteiger partial charge in [-0.3, -0.25) is 9.59 Å². The molecule has 0 bridgehead atoms. The van der Waals surface area contributed by atoms with Gasteiger partial charge in [-0.2, -0.15) is 0 Å². The highest BCUT2D eigenvalue weighted by Crippen LogP contribution is 2.46. The van der Waals surface area contributed by atoms with Crippen LogP contribution < -0.4 is 20.1 Å². The molecule has 1 aliphatic carbocycles. The van der Waals surface area contributed by atoms with Crippen LogP contribution in [0.2, 0.25) is 0 Å². The van der Waals surface area contributed by atoms with E-state index in [0.717, 1.165) is 10.9 Å². The summed E-state index contributed by atoms with van der Waals surface area (Å²) in [6, 6.07) is 14.9. The van der Waals surface area contributed by atoms with Gasteiger partial charge in [0.2, 0.25) is 11.8 Å². The molecule has 2 N–H and O–H groups in total. The molecule has 272 valence electrons. The van der Waals surface area contributed by atoms with Crippen molar-refractivity contribution >= 4 is 34.8 Å². The predicted molar refractivity (Wildman–Crippen MR) is 192 cm³/mol. The first-order valence-electron chi connectivity index (χ1n) is 17.0. The summed E-state index contributed by atoms with van der Waals surface area (Å²) in [5.41, 5.74) is -0.645. The number of benzene rings is 2. The van der Waals surface area contributed by atoms with Crippen LogP contribution in [0.5, 0.6) is 11.5 Å². The Bertz CT molecular complexity index is 1820. The van der Waals surface area contributed by atoms with Crippen LogP contribution in [-0.2, 0) is 23.9 Å². The van der Waals surface area contributed by atoms with Crippen molar-refractivity contribution in [3.05, 3.63) is 67.3 Å². The summed E-state index contributed by atoms with van der Waals surface area (Å²) in [5.74, 6) is -0.793. The second kappa shape index (κ2) is 14.2. The number of hydrogen-bond donors (Lipinski definition) is 2. The van der Waals surface area contributed by atoms with Crippen molar-refractivity contribution in [2.75, 3.05) is 20.8 Å². The van der Waals surface area contributed by atoms with Crippen LogP contribution in [0.15, 0.2) is 67.3 Å². The Morgan fingerprint density at radius 1 is 1.02 bits per heavy atom. The van der Waals surface area contributed by atoms with Crippen molar-refractivity contribution in [3.8, 4) is 22.8 Å². The Balaban J connectivity index is 1.51. The molecular weight excluding hydrogens is 652 g/mol. The molecule has 1 saturated heterocycles. The molecule has 3 amide bonds. The van der Waals surface area contributed by atoms with E-state index < -0.39 is 58.6 Å².